The number of thioether (sulfide) groups is 1. The van der Waals surface area contributed by atoms with Crippen molar-refractivity contribution in [2.75, 3.05) is 5.49 Å². The Bertz CT molecular complexity index is 503. The third kappa shape index (κ3) is 4.11. The summed E-state index contributed by atoms with van der Waals surface area (Å²) in [6.45, 7) is 5.08. The summed E-state index contributed by atoms with van der Waals surface area (Å²) in [5.74, 6) is -1.16. The molecule has 0 fully saturated rings. The molecule has 0 heterocycles. The van der Waals surface area contributed by atoms with E-state index in [4.69, 9.17) is 0 Å². The lowest BCUT2D eigenvalue weighted by Crippen LogP contribution is -2.37. The zero-order valence-electron chi connectivity index (χ0n) is 11.9. The van der Waals surface area contributed by atoms with E-state index < -0.39 is 18.5 Å². The Kier molecular flexibility index (Phi) is 5.87. The second kappa shape index (κ2) is 6.79. The van der Waals surface area contributed by atoms with Gasteiger partial charge < -0.3 is 10.00 Å². The van der Waals surface area contributed by atoms with Gasteiger partial charge in [-0.05, 0) is 31.4 Å². The summed E-state index contributed by atoms with van der Waals surface area (Å²) >= 11 is 1.22. The number of carboxylic acids is 1. The molecule has 20 heavy (non-hydrogen) atoms. The summed E-state index contributed by atoms with van der Waals surface area (Å²) in [6, 6.07) is 9.23. The fourth-order valence-electron chi connectivity index (χ4n) is 2.00. The first-order valence-corrected chi connectivity index (χ1v) is 9.25. The van der Waals surface area contributed by atoms with Gasteiger partial charge in [-0.3, -0.25) is 9.36 Å². The van der Waals surface area contributed by atoms with E-state index in [1.54, 1.807) is 0 Å². The number of hydrogen-bond acceptors (Lipinski definition) is 3. The summed E-state index contributed by atoms with van der Waals surface area (Å²) < 4.78 is 12.5. The predicted octanol–water partition coefficient (Wildman–Crippen LogP) is 3.90. The number of hydrogen-bond donors (Lipinski definition) is 2. The van der Waals surface area contributed by atoms with Crippen LogP contribution in [0.3, 0.4) is 0 Å². The molecule has 1 aromatic carbocycles. The lowest BCUT2D eigenvalue weighted by atomic mass is 9.98. The van der Waals surface area contributed by atoms with E-state index in [0.717, 1.165) is 4.90 Å². The van der Waals surface area contributed by atoms with E-state index in [1.165, 1.54) is 18.7 Å². The van der Waals surface area contributed by atoms with Crippen LogP contribution in [-0.4, -0.2) is 26.6 Å². The Balaban J connectivity index is 2.89. The highest BCUT2D eigenvalue weighted by Gasteiger charge is 2.49. The third-order valence-corrected chi connectivity index (χ3v) is 7.63. The van der Waals surface area contributed by atoms with Crippen LogP contribution in [0.4, 0.5) is 0 Å². The molecule has 0 aliphatic rings. The molecule has 0 bridgehead atoms. The first-order chi connectivity index (χ1) is 9.19. The van der Waals surface area contributed by atoms with Gasteiger partial charge >= 0.3 is 5.97 Å². The minimum Gasteiger partial charge on any atom is -0.480 e. The van der Waals surface area contributed by atoms with Crippen LogP contribution in [-0.2, 0) is 9.36 Å². The van der Waals surface area contributed by atoms with Gasteiger partial charge in [0, 0.05) is 4.90 Å². The molecule has 2 atom stereocenters. The fourth-order valence-corrected chi connectivity index (χ4v) is 5.73. The smallest absolute Gasteiger partial charge is 0.319 e. The molecule has 1 aromatic rings. The average Bonchev–Trinajstić information content (AvgIpc) is 2.36. The number of carboxylic acid groups (broad SMARTS) is 1. The van der Waals surface area contributed by atoms with Crippen LogP contribution in [0.15, 0.2) is 35.2 Å². The van der Waals surface area contributed by atoms with Crippen LogP contribution in [0, 0.1) is 5.92 Å². The van der Waals surface area contributed by atoms with Gasteiger partial charge in [-0.1, -0.05) is 32.0 Å². The van der Waals surface area contributed by atoms with Crippen molar-refractivity contribution in [2.24, 2.45) is 5.92 Å². The van der Waals surface area contributed by atoms with Crippen LogP contribution in [0.2, 0.25) is 0 Å². The molecule has 2 unspecified atom stereocenters. The van der Waals surface area contributed by atoms with Crippen molar-refractivity contribution in [1.29, 1.82) is 0 Å². The first kappa shape index (κ1) is 17.3. The van der Waals surface area contributed by atoms with Crippen LogP contribution < -0.4 is 0 Å². The van der Waals surface area contributed by atoms with Crippen molar-refractivity contribution >= 4 is 25.1 Å². The third-order valence-electron chi connectivity index (χ3n) is 3.19. The maximum Gasteiger partial charge on any atom is 0.319 e. The zero-order valence-corrected chi connectivity index (χ0v) is 13.7. The molecule has 0 radical (unpaired) electrons. The molecule has 6 heteroatoms. The maximum absolute atomic E-state index is 12.5. The van der Waals surface area contributed by atoms with Crippen molar-refractivity contribution in [3.05, 3.63) is 30.3 Å². The molecular formula is C14H21O4PS. The second-order valence-electron chi connectivity index (χ2n) is 5.47. The molecule has 2 N–H and O–H groups in total. The van der Waals surface area contributed by atoms with Crippen molar-refractivity contribution in [1.82, 2.24) is 0 Å². The Morgan fingerprint density at radius 1 is 1.35 bits per heavy atom. The van der Waals surface area contributed by atoms with Crippen molar-refractivity contribution in [3.8, 4) is 0 Å². The second-order valence-corrected chi connectivity index (χ2v) is 9.65. The molecule has 112 valence electrons. The lowest BCUT2D eigenvalue weighted by Gasteiger charge is -2.31. The molecule has 0 amide bonds. The van der Waals surface area contributed by atoms with Gasteiger partial charge in [0.1, 0.15) is 5.16 Å². The van der Waals surface area contributed by atoms with Gasteiger partial charge in [-0.2, -0.15) is 0 Å². The fraction of sp³-hybridized carbons (Fsp3) is 0.500. The highest BCUT2D eigenvalue weighted by atomic mass is 32.2. The van der Waals surface area contributed by atoms with Gasteiger partial charge in [0.05, 0.1) is 5.49 Å². The Labute approximate surface area is 124 Å². The summed E-state index contributed by atoms with van der Waals surface area (Å²) in [5, 5.41) is 7.78. The first-order valence-electron chi connectivity index (χ1n) is 6.42. The summed E-state index contributed by atoms with van der Waals surface area (Å²) in [7, 11) is -3.83. The average molecular weight is 316 g/mol. The highest BCUT2D eigenvalue weighted by Crippen LogP contribution is 2.59. The Morgan fingerprint density at radius 2 is 1.90 bits per heavy atom. The van der Waals surface area contributed by atoms with Gasteiger partial charge in [0.25, 0.3) is 0 Å². The number of carbonyl (C=O) groups is 1. The van der Waals surface area contributed by atoms with E-state index >= 15 is 0 Å². The Hall–Kier alpha value is -0.770. The van der Waals surface area contributed by atoms with Crippen molar-refractivity contribution in [3.63, 3.8) is 0 Å². The largest absolute Gasteiger partial charge is 0.480 e. The van der Waals surface area contributed by atoms with Gasteiger partial charge in [-0.25, -0.2) is 0 Å². The molecule has 0 aliphatic heterocycles. The summed E-state index contributed by atoms with van der Waals surface area (Å²) in [6.07, 6.45) is 0.186. The molecule has 0 saturated heterocycles. The van der Waals surface area contributed by atoms with Crippen molar-refractivity contribution < 1.29 is 19.4 Å². The van der Waals surface area contributed by atoms with E-state index in [-0.39, 0.29) is 17.8 Å². The zero-order chi connectivity index (χ0) is 15.4. The standard InChI is InChI=1S/C14H21O4PS/c1-11(2)9-14(3,13(15)16)19(17,18)10-20-12-7-5-4-6-8-12/h4-8,11H,9-10H2,1-3H3,(H,15,16)(H,17,18). The maximum atomic E-state index is 12.5. The van der Waals surface area contributed by atoms with Crippen LogP contribution in [0.1, 0.15) is 27.2 Å². The Morgan fingerprint density at radius 3 is 2.35 bits per heavy atom. The van der Waals surface area contributed by atoms with Gasteiger partial charge in [0.2, 0.25) is 7.37 Å². The molecular weight excluding hydrogens is 295 g/mol. The van der Waals surface area contributed by atoms with E-state index in [0.29, 0.717) is 0 Å². The SMILES string of the molecule is CC(C)CC(C)(C(=O)O)P(=O)(O)CSc1ccccc1. The van der Waals surface area contributed by atoms with Crippen LogP contribution in [0.25, 0.3) is 0 Å². The normalized spacial score (nSPS) is 17.4. The van der Waals surface area contributed by atoms with Crippen molar-refractivity contribution in [2.45, 2.75) is 37.2 Å². The number of aliphatic carboxylic acids is 1. The molecule has 0 spiro atoms. The topological polar surface area (TPSA) is 74.6 Å². The van der Waals surface area contributed by atoms with E-state index in [9.17, 15) is 19.4 Å². The van der Waals surface area contributed by atoms with E-state index in [1.807, 2.05) is 44.2 Å². The minimum absolute atomic E-state index is 0.0401. The monoisotopic (exact) mass is 316 g/mol. The molecule has 1 rings (SSSR count). The predicted molar refractivity (Wildman–Crippen MR) is 82.5 cm³/mol. The number of rotatable bonds is 7. The number of benzene rings is 1. The highest BCUT2D eigenvalue weighted by molar-refractivity contribution is 8.05. The minimum atomic E-state index is -3.83. The lowest BCUT2D eigenvalue weighted by molar-refractivity contribution is -0.140. The quantitative estimate of drug-likeness (QED) is 0.589. The molecule has 0 saturated carbocycles. The molecule has 0 aliphatic carbocycles. The molecule has 0 aromatic heterocycles. The van der Waals surface area contributed by atoms with Gasteiger partial charge in [0.15, 0.2) is 0 Å². The molecule has 4 nitrogen and oxygen atoms in total. The van der Waals surface area contributed by atoms with Crippen LogP contribution in [0.5, 0.6) is 0 Å². The van der Waals surface area contributed by atoms with Gasteiger partial charge in [-0.15, -0.1) is 11.8 Å². The van der Waals surface area contributed by atoms with E-state index in [2.05, 4.69) is 0 Å². The summed E-state index contributed by atoms with van der Waals surface area (Å²) in [5.41, 5.74) is -0.0907. The van der Waals surface area contributed by atoms with Crippen LogP contribution >= 0.6 is 19.1 Å². The summed E-state index contributed by atoms with van der Waals surface area (Å²) in [4.78, 5) is 22.6.